The van der Waals surface area contributed by atoms with Crippen LogP contribution in [0.2, 0.25) is 0 Å². The van der Waals surface area contributed by atoms with E-state index >= 15 is 0 Å². The molecule has 124 valence electrons. The third-order valence-corrected chi connectivity index (χ3v) is 3.03. The summed E-state index contributed by atoms with van der Waals surface area (Å²) in [5, 5.41) is 20.3. The van der Waals surface area contributed by atoms with Crippen LogP contribution < -0.4 is 11.3 Å². The number of nitrogens with one attached hydrogen (secondary N) is 1. The van der Waals surface area contributed by atoms with Gasteiger partial charge in [-0.3, -0.25) is 4.79 Å². The Morgan fingerprint density at radius 2 is 1.88 bits per heavy atom. The van der Waals surface area contributed by atoms with E-state index in [-0.39, 0.29) is 22.9 Å². The van der Waals surface area contributed by atoms with Gasteiger partial charge in [0, 0.05) is 6.07 Å². The highest BCUT2D eigenvalue weighted by Crippen LogP contribution is 2.33. The number of fused-ring (bicyclic) bond motifs is 1. The molecule has 0 atom stereocenters. The predicted molar refractivity (Wildman–Crippen MR) is 77.5 cm³/mol. The van der Waals surface area contributed by atoms with Crippen LogP contribution in [0.15, 0.2) is 45.4 Å². The van der Waals surface area contributed by atoms with E-state index < -0.39 is 17.4 Å². The number of aromatic nitrogens is 3. The maximum absolute atomic E-state index is 13.0. The van der Waals surface area contributed by atoms with Crippen molar-refractivity contribution in [2.75, 3.05) is 5.73 Å². The molecule has 0 aliphatic carbocycles. The summed E-state index contributed by atoms with van der Waals surface area (Å²) in [5.74, 6) is -0.312. The van der Waals surface area contributed by atoms with Crippen molar-refractivity contribution in [3.8, 4) is 5.75 Å². The minimum atomic E-state index is -4.80. The topological polar surface area (TPSA) is 121 Å². The largest absolute Gasteiger partial charge is 0.508 e. The number of anilines is 1. The van der Waals surface area contributed by atoms with Gasteiger partial charge >= 0.3 is 6.18 Å². The summed E-state index contributed by atoms with van der Waals surface area (Å²) >= 11 is 0. The van der Waals surface area contributed by atoms with Crippen LogP contribution in [0, 0.1) is 0 Å². The summed E-state index contributed by atoms with van der Waals surface area (Å²) < 4.78 is 39.4. The lowest BCUT2D eigenvalue weighted by Gasteiger charge is -2.07. The molecule has 0 aliphatic rings. The van der Waals surface area contributed by atoms with Gasteiger partial charge in [0.15, 0.2) is 22.8 Å². The normalized spacial score (nSPS) is 12.3. The number of alkyl halides is 3. The van der Waals surface area contributed by atoms with E-state index in [1.165, 1.54) is 24.3 Å². The van der Waals surface area contributed by atoms with Gasteiger partial charge in [-0.15, -0.1) is 10.2 Å². The zero-order valence-electron chi connectivity index (χ0n) is 11.7. The molecule has 2 heterocycles. The summed E-state index contributed by atoms with van der Waals surface area (Å²) in [6, 6.07) is 5.96. The molecule has 0 saturated heterocycles. The van der Waals surface area contributed by atoms with E-state index in [4.69, 9.17) is 5.73 Å². The maximum atomic E-state index is 13.0. The Kier molecular flexibility index (Phi) is 3.47. The highest BCUT2D eigenvalue weighted by Gasteiger charge is 2.35. The van der Waals surface area contributed by atoms with E-state index in [1.807, 2.05) is 0 Å². The molecule has 0 spiro atoms. The number of halogens is 3. The van der Waals surface area contributed by atoms with E-state index in [0.717, 1.165) is 0 Å². The summed E-state index contributed by atoms with van der Waals surface area (Å²) in [7, 11) is 0. The van der Waals surface area contributed by atoms with Crippen molar-refractivity contribution in [2.45, 2.75) is 6.18 Å². The van der Waals surface area contributed by atoms with Crippen LogP contribution in [0.3, 0.4) is 0 Å². The monoisotopic (exact) mass is 338 g/mol. The van der Waals surface area contributed by atoms with Gasteiger partial charge < -0.3 is 15.8 Å². The summed E-state index contributed by atoms with van der Waals surface area (Å²) in [4.78, 5) is 13.7. The fourth-order valence-corrected chi connectivity index (χ4v) is 1.98. The maximum Gasteiger partial charge on any atom is 0.433 e. The van der Waals surface area contributed by atoms with Crippen molar-refractivity contribution in [3.63, 3.8) is 0 Å². The quantitative estimate of drug-likeness (QED) is 0.622. The number of aromatic hydroxyl groups is 1. The van der Waals surface area contributed by atoms with E-state index in [2.05, 4.69) is 20.3 Å². The van der Waals surface area contributed by atoms with Gasteiger partial charge in [-0.1, -0.05) is 0 Å². The third-order valence-electron chi connectivity index (χ3n) is 3.03. The molecule has 11 heteroatoms. The highest BCUT2D eigenvalue weighted by atomic mass is 19.4. The Morgan fingerprint density at radius 1 is 1.21 bits per heavy atom. The molecule has 4 N–H and O–H groups in total. The molecular weight excluding hydrogens is 329 g/mol. The fourth-order valence-electron chi connectivity index (χ4n) is 1.98. The molecule has 2 aromatic heterocycles. The van der Waals surface area contributed by atoms with Crippen LogP contribution in [0.4, 0.5) is 30.4 Å². The molecular formula is C13H9F3N6O2. The number of nitrogen functional groups attached to an aromatic ring is 1. The summed E-state index contributed by atoms with van der Waals surface area (Å²) in [5.41, 5.74) is 3.13. The molecule has 0 radical (unpaired) electrons. The van der Waals surface area contributed by atoms with Gasteiger partial charge in [-0.2, -0.15) is 18.3 Å². The average molecular weight is 338 g/mol. The molecule has 0 bridgehead atoms. The van der Waals surface area contributed by atoms with Crippen LogP contribution in [0.5, 0.6) is 5.75 Å². The minimum absolute atomic E-state index is 0.0172. The molecule has 0 unspecified atom stereocenters. The Bertz CT molecular complexity index is 988. The molecule has 24 heavy (non-hydrogen) atoms. The number of benzene rings is 1. The number of aromatic amines is 1. The molecule has 3 rings (SSSR count). The first kappa shape index (κ1) is 15.5. The van der Waals surface area contributed by atoms with Crippen molar-refractivity contribution in [1.29, 1.82) is 0 Å². The zero-order chi connectivity index (χ0) is 17.5. The number of phenolic OH excluding ortho intramolecular Hbond substituents is 1. The lowest BCUT2D eigenvalue weighted by Crippen LogP contribution is -2.19. The second kappa shape index (κ2) is 5.37. The van der Waals surface area contributed by atoms with E-state index in [9.17, 15) is 23.1 Å². The smallest absolute Gasteiger partial charge is 0.433 e. The Hall–Kier alpha value is -3.37. The molecule has 0 amide bonds. The fraction of sp³-hybridized carbons (Fsp3) is 0.0769. The minimum Gasteiger partial charge on any atom is -0.508 e. The number of azo groups is 1. The zero-order valence-corrected chi connectivity index (χ0v) is 11.7. The SMILES string of the molecule is Nc1nn2c(C(F)(F)F)cc(=O)[nH]c2c1N=Nc1ccc(O)cc1. The highest BCUT2D eigenvalue weighted by molar-refractivity contribution is 5.75. The third kappa shape index (κ3) is 2.78. The van der Waals surface area contributed by atoms with Crippen LogP contribution in [-0.4, -0.2) is 19.7 Å². The molecule has 3 aromatic rings. The Balaban J connectivity index is 2.15. The molecule has 0 saturated carbocycles. The van der Waals surface area contributed by atoms with Gasteiger partial charge in [-0.05, 0) is 24.3 Å². The first-order valence-corrected chi connectivity index (χ1v) is 6.45. The standard InChI is InChI=1S/C13H9F3N6O2/c14-13(15,16)8-5-9(24)18-12-10(11(17)21-22(8)12)20-19-6-1-3-7(23)4-2-6/h1-5,23H,(H2,17,21)(H,18,24). The van der Waals surface area contributed by atoms with Gasteiger partial charge in [0.25, 0.3) is 5.56 Å². The Labute approximate surface area is 131 Å². The Morgan fingerprint density at radius 3 is 2.50 bits per heavy atom. The number of nitrogens with zero attached hydrogens (tertiary/aromatic N) is 4. The summed E-state index contributed by atoms with van der Waals surface area (Å²) in [6.45, 7) is 0. The first-order valence-electron chi connectivity index (χ1n) is 6.45. The number of rotatable bonds is 2. The number of hydrogen-bond donors (Lipinski definition) is 3. The molecule has 0 aliphatic heterocycles. The molecule has 8 nitrogen and oxygen atoms in total. The van der Waals surface area contributed by atoms with Gasteiger partial charge in [0.1, 0.15) is 5.75 Å². The second-order valence-corrected chi connectivity index (χ2v) is 4.73. The van der Waals surface area contributed by atoms with Crippen LogP contribution in [0.1, 0.15) is 5.69 Å². The molecule has 1 aromatic carbocycles. The lowest BCUT2D eigenvalue weighted by molar-refractivity contribution is -0.142. The van der Waals surface area contributed by atoms with Crippen molar-refractivity contribution < 1.29 is 18.3 Å². The number of phenols is 1. The number of H-pyrrole nitrogens is 1. The number of hydrogen-bond acceptors (Lipinski definition) is 6. The predicted octanol–water partition coefficient (Wildman–Crippen LogP) is 2.74. The van der Waals surface area contributed by atoms with Crippen molar-refractivity contribution >= 4 is 22.8 Å². The average Bonchev–Trinajstić information content (AvgIpc) is 2.80. The molecule has 0 fully saturated rings. The second-order valence-electron chi connectivity index (χ2n) is 4.73. The van der Waals surface area contributed by atoms with E-state index in [0.29, 0.717) is 16.3 Å². The van der Waals surface area contributed by atoms with Gasteiger partial charge in [-0.25, -0.2) is 4.52 Å². The van der Waals surface area contributed by atoms with Gasteiger partial charge in [0.05, 0.1) is 5.69 Å². The van der Waals surface area contributed by atoms with Crippen LogP contribution in [0.25, 0.3) is 5.65 Å². The number of nitrogens with two attached hydrogens (primary N) is 1. The van der Waals surface area contributed by atoms with Gasteiger partial charge in [0.2, 0.25) is 0 Å². The lowest BCUT2D eigenvalue weighted by atomic mass is 10.3. The summed E-state index contributed by atoms with van der Waals surface area (Å²) in [6.07, 6.45) is -4.80. The van der Waals surface area contributed by atoms with Crippen molar-refractivity contribution in [2.24, 2.45) is 10.2 Å². The van der Waals surface area contributed by atoms with Crippen LogP contribution >= 0.6 is 0 Å². The van der Waals surface area contributed by atoms with Crippen molar-refractivity contribution in [1.82, 2.24) is 14.6 Å². The van der Waals surface area contributed by atoms with Crippen LogP contribution in [-0.2, 0) is 6.18 Å². The van der Waals surface area contributed by atoms with Crippen molar-refractivity contribution in [3.05, 3.63) is 46.4 Å². The first-order chi connectivity index (χ1) is 11.3. The van der Waals surface area contributed by atoms with E-state index in [1.54, 1.807) is 0 Å².